The van der Waals surface area contributed by atoms with E-state index < -0.39 is 0 Å². The summed E-state index contributed by atoms with van der Waals surface area (Å²) in [7, 11) is 0. The van der Waals surface area contributed by atoms with Crippen LogP contribution in [0.2, 0.25) is 0 Å². The van der Waals surface area contributed by atoms with E-state index in [0.29, 0.717) is 0 Å². The number of hydrogen-bond acceptors (Lipinski definition) is 5. The number of imidazole rings is 1. The Labute approximate surface area is 155 Å². The number of nitrogens with one attached hydrogen (secondary N) is 1. The summed E-state index contributed by atoms with van der Waals surface area (Å²) in [5.41, 5.74) is 2.25. The second kappa shape index (κ2) is 7.87. The third kappa shape index (κ3) is 3.77. The standard InChI is InChI=1S/C18H21N3S3/c1-2-8-21(9-3-1)10-13-24-18-19-16(14-6-4-11-22-14)17(20-18)15-7-5-12-23-15/h4-7,11-12H,1-3,8-10,13H2,(H,19,20). The molecule has 4 heterocycles. The van der Waals surface area contributed by atoms with Gasteiger partial charge in [-0.15, -0.1) is 22.7 Å². The zero-order chi connectivity index (χ0) is 16.2. The molecule has 3 nitrogen and oxygen atoms in total. The van der Waals surface area contributed by atoms with Crippen LogP contribution in [0.15, 0.2) is 40.2 Å². The first-order chi connectivity index (χ1) is 11.9. The molecule has 0 amide bonds. The molecule has 0 atom stereocenters. The summed E-state index contributed by atoms with van der Waals surface area (Å²) >= 11 is 5.36. The summed E-state index contributed by atoms with van der Waals surface area (Å²) in [5.74, 6) is 1.10. The lowest BCUT2D eigenvalue weighted by atomic mass is 10.1. The number of piperidine rings is 1. The number of nitrogens with zero attached hydrogens (tertiary/aromatic N) is 2. The van der Waals surface area contributed by atoms with E-state index in [1.807, 2.05) is 11.8 Å². The number of H-pyrrole nitrogens is 1. The molecule has 0 spiro atoms. The van der Waals surface area contributed by atoms with Crippen LogP contribution in [0.3, 0.4) is 0 Å². The molecule has 1 fully saturated rings. The van der Waals surface area contributed by atoms with Gasteiger partial charge in [-0.1, -0.05) is 30.3 Å². The quantitative estimate of drug-likeness (QED) is 0.582. The Kier molecular flexibility index (Phi) is 5.37. The molecule has 126 valence electrons. The molecule has 4 rings (SSSR count). The number of thioether (sulfide) groups is 1. The number of rotatable bonds is 6. The van der Waals surface area contributed by atoms with E-state index >= 15 is 0 Å². The maximum Gasteiger partial charge on any atom is 0.166 e. The normalized spacial score (nSPS) is 15.8. The Morgan fingerprint density at radius 2 is 1.79 bits per heavy atom. The average molecular weight is 376 g/mol. The van der Waals surface area contributed by atoms with Gasteiger partial charge in [0.1, 0.15) is 5.69 Å². The van der Waals surface area contributed by atoms with Crippen molar-refractivity contribution in [1.82, 2.24) is 14.9 Å². The van der Waals surface area contributed by atoms with Crippen LogP contribution in [-0.2, 0) is 0 Å². The Hall–Kier alpha value is -1.08. The first-order valence-corrected chi connectivity index (χ1v) is 11.2. The molecular weight excluding hydrogens is 354 g/mol. The number of aromatic nitrogens is 2. The van der Waals surface area contributed by atoms with Gasteiger partial charge in [0.15, 0.2) is 5.16 Å². The minimum absolute atomic E-state index is 1.04. The molecule has 1 N–H and O–H groups in total. The highest BCUT2D eigenvalue weighted by Gasteiger charge is 2.16. The molecule has 0 saturated carbocycles. The van der Waals surface area contributed by atoms with Gasteiger partial charge in [0.05, 0.1) is 15.4 Å². The summed E-state index contributed by atoms with van der Waals surface area (Å²) in [6, 6.07) is 8.51. The summed E-state index contributed by atoms with van der Waals surface area (Å²) in [4.78, 5) is 13.5. The highest BCUT2D eigenvalue weighted by Crippen LogP contribution is 2.36. The Bertz CT molecular complexity index is 689. The lowest BCUT2D eigenvalue weighted by Gasteiger charge is -2.25. The van der Waals surface area contributed by atoms with Crippen molar-refractivity contribution >= 4 is 34.4 Å². The van der Waals surface area contributed by atoms with Crippen LogP contribution in [0, 0.1) is 0 Å². The first-order valence-electron chi connectivity index (χ1n) is 8.43. The topological polar surface area (TPSA) is 31.9 Å². The smallest absolute Gasteiger partial charge is 0.166 e. The van der Waals surface area contributed by atoms with Gasteiger partial charge < -0.3 is 9.88 Å². The fraction of sp³-hybridized carbons (Fsp3) is 0.389. The van der Waals surface area contributed by atoms with E-state index in [2.05, 4.69) is 44.9 Å². The molecule has 0 bridgehead atoms. The summed E-state index contributed by atoms with van der Waals surface area (Å²) in [6.07, 6.45) is 4.11. The second-order valence-corrected chi connectivity index (χ2v) is 8.95. The summed E-state index contributed by atoms with van der Waals surface area (Å²) in [5, 5.41) is 5.28. The Morgan fingerprint density at radius 1 is 1.04 bits per heavy atom. The van der Waals surface area contributed by atoms with Crippen LogP contribution in [0.25, 0.3) is 21.1 Å². The predicted molar refractivity (Wildman–Crippen MR) is 106 cm³/mol. The van der Waals surface area contributed by atoms with Crippen molar-refractivity contribution in [3.05, 3.63) is 35.0 Å². The monoisotopic (exact) mass is 375 g/mol. The van der Waals surface area contributed by atoms with Crippen molar-refractivity contribution < 1.29 is 0 Å². The highest BCUT2D eigenvalue weighted by atomic mass is 32.2. The maximum atomic E-state index is 4.90. The third-order valence-corrected chi connectivity index (χ3v) is 6.92. The lowest BCUT2D eigenvalue weighted by Crippen LogP contribution is -2.31. The molecule has 0 radical (unpaired) electrons. The SMILES string of the molecule is c1csc(-c2nc(SCCN3CCCCC3)[nH]c2-c2cccs2)c1. The summed E-state index contributed by atoms with van der Waals surface area (Å²) in [6.45, 7) is 3.69. The van der Waals surface area contributed by atoms with Crippen LogP contribution < -0.4 is 0 Å². The molecule has 1 saturated heterocycles. The van der Waals surface area contributed by atoms with Crippen molar-refractivity contribution in [3.63, 3.8) is 0 Å². The van der Waals surface area contributed by atoms with E-state index in [1.54, 1.807) is 22.7 Å². The van der Waals surface area contributed by atoms with Crippen molar-refractivity contribution in [3.8, 4) is 21.1 Å². The molecule has 3 aromatic heterocycles. The van der Waals surface area contributed by atoms with E-state index in [0.717, 1.165) is 28.8 Å². The summed E-state index contributed by atoms with van der Waals surface area (Å²) < 4.78 is 0. The number of likely N-dealkylation sites (tertiary alicyclic amines) is 1. The number of hydrogen-bond donors (Lipinski definition) is 1. The lowest BCUT2D eigenvalue weighted by molar-refractivity contribution is 0.242. The first kappa shape index (κ1) is 16.4. The van der Waals surface area contributed by atoms with E-state index in [9.17, 15) is 0 Å². The van der Waals surface area contributed by atoms with Gasteiger partial charge in [0.2, 0.25) is 0 Å². The number of aromatic amines is 1. The van der Waals surface area contributed by atoms with Crippen LogP contribution in [0.1, 0.15) is 19.3 Å². The zero-order valence-corrected chi connectivity index (χ0v) is 16.0. The van der Waals surface area contributed by atoms with Gasteiger partial charge in [-0.2, -0.15) is 0 Å². The van der Waals surface area contributed by atoms with E-state index in [4.69, 9.17) is 4.98 Å². The van der Waals surface area contributed by atoms with Gasteiger partial charge in [-0.3, -0.25) is 0 Å². The Morgan fingerprint density at radius 3 is 2.50 bits per heavy atom. The molecule has 0 unspecified atom stereocenters. The zero-order valence-electron chi connectivity index (χ0n) is 13.5. The highest BCUT2D eigenvalue weighted by molar-refractivity contribution is 7.99. The molecule has 0 aromatic carbocycles. The minimum atomic E-state index is 1.04. The third-order valence-electron chi connectivity index (χ3n) is 4.30. The number of thiophene rings is 2. The molecule has 3 aromatic rings. The molecule has 1 aliphatic rings. The van der Waals surface area contributed by atoms with Gasteiger partial charge in [0.25, 0.3) is 0 Å². The molecular formula is C18H21N3S3. The largest absolute Gasteiger partial charge is 0.332 e. The van der Waals surface area contributed by atoms with Crippen LogP contribution >= 0.6 is 34.4 Å². The fourth-order valence-electron chi connectivity index (χ4n) is 3.07. The van der Waals surface area contributed by atoms with Gasteiger partial charge >= 0.3 is 0 Å². The minimum Gasteiger partial charge on any atom is -0.332 e. The molecule has 0 aliphatic carbocycles. The molecule has 24 heavy (non-hydrogen) atoms. The average Bonchev–Trinajstić information content (AvgIpc) is 3.36. The van der Waals surface area contributed by atoms with E-state index in [1.165, 1.54) is 42.1 Å². The van der Waals surface area contributed by atoms with Crippen molar-refractivity contribution in [2.75, 3.05) is 25.4 Å². The predicted octanol–water partition coefficient (Wildman–Crippen LogP) is 5.44. The second-order valence-electron chi connectivity index (χ2n) is 5.97. The van der Waals surface area contributed by atoms with Gasteiger partial charge in [0, 0.05) is 12.3 Å². The van der Waals surface area contributed by atoms with Crippen LogP contribution in [0.5, 0.6) is 0 Å². The fourth-order valence-corrected chi connectivity index (χ4v) is 5.38. The van der Waals surface area contributed by atoms with Crippen molar-refractivity contribution in [1.29, 1.82) is 0 Å². The maximum absolute atomic E-state index is 4.90. The molecule has 6 heteroatoms. The molecule has 1 aliphatic heterocycles. The van der Waals surface area contributed by atoms with Gasteiger partial charge in [-0.05, 0) is 48.8 Å². The van der Waals surface area contributed by atoms with Crippen LogP contribution in [0.4, 0.5) is 0 Å². The van der Waals surface area contributed by atoms with Gasteiger partial charge in [-0.25, -0.2) is 4.98 Å². The Balaban J connectivity index is 1.48. The van der Waals surface area contributed by atoms with Crippen LogP contribution in [-0.4, -0.2) is 40.3 Å². The van der Waals surface area contributed by atoms with Crippen molar-refractivity contribution in [2.24, 2.45) is 0 Å². The van der Waals surface area contributed by atoms with Crippen molar-refractivity contribution in [2.45, 2.75) is 24.4 Å². The van der Waals surface area contributed by atoms with E-state index in [-0.39, 0.29) is 0 Å².